The third-order valence-corrected chi connectivity index (χ3v) is 3.80. The van der Waals surface area contributed by atoms with Crippen LogP contribution in [0.1, 0.15) is 22.3 Å². The van der Waals surface area contributed by atoms with Gasteiger partial charge >= 0.3 is 0 Å². The van der Waals surface area contributed by atoms with Gasteiger partial charge < -0.3 is 10.6 Å². The molecule has 1 amide bonds. The second-order valence-electron chi connectivity index (χ2n) is 4.33. The zero-order chi connectivity index (χ0) is 12.4. The molecule has 0 unspecified atom stereocenters. The largest absolute Gasteiger partial charge is 0.385 e. The monoisotopic (exact) mass is 258 g/mol. The van der Waals surface area contributed by atoms with Crippen LogP contribution in [0.3, 0.4) is 0 Å². The zero-order valence-electron chi connectivity index (χ0n) is 9.90. The van der Waals surface area contributed by atoms with E-state index in [-0.39, 0.29) is 5.91 Å². The van der Waals surface area contributed by atoms with E-state index in [9.17, 15) is 4.79 Å². The summed E-state index contributed by atoms with van der Waals surface area (Å²) in [5.41, 5.74) is 3.88. The fraction of sp³-hybridized carbons (Fsp3) is 0.214. The Hall–Kier alpha value is -1.81. The Kier molecular flexibility index (Phi) is 3.02. The van der Waals surface area contributed by atoms with Gasteiger partial charge in [-0.3, -0.25) is 4.79 Å². The minimum atomic E-state index is -0.0195. The van der Waals surface area contributed by atoms with E-state index in [2.05, 4.69) is 10.6 Å². The van der Waals surface area contributed by atoms with E-state index >= 15 is 0 Å². The lowest BCUT2D eigenvalue weighted by molar-refractivity contribution is 0.102. The summed E-state index contributed by atoms with van der Waals surface area (Å²) in [6.07, 6.45) is 2.05. The van der Waals surface area contributed by atoms with Crippen LogP contribution in [0.15, 0.2) is 35.0 Å². The first-order chi connectivity index (χ1) is 8.84. The van der Waals surface area contributed by atoms with E-state index in [1.165, 1.54) is 0 Å². The van der Waals surface area contributed by atoms with Crippen molar-refractivity contribution >= 4 is 28.6 Å². The van der Waals surface area contributed by atoms with Crippen molar-refractivity contribution in [2.45, 2.75) is 12.8 Å². The average Bonchev–Trinajstić information content (AvgIpc) is 2.91. The molecule has 1 aliphatic rings. The number of fused-ring (bicyclic) bond motifs is 1. The smallest absolute Gasteiger partial charge is 0.256 e. The maximum atomic E-state index is 12.2. The Morgan fingerprint density at radius 3 is 3.11 bits per heavy atom. The van der Waals surface area contributed by atoms with E-state index in [1.807, 2.05) is 35.0 Å². The van der Waals surface area contributed by atoms with Crippen molar-refractivity contribution in [3.63, 3.8) is 0 Å². The minimum absolute atomic E-state index is 0.0195. The van der Waals surface area contributed by atoms with Gasteiger partial charge in [0, 0.05) is 23.2 Å². The fourth-order valence-corrected chi connectivity index (χ4v) is 2.84. The van der Waals surface area contributed by atoms with E-state index in [0.717, 1.165) is 41.9 Å². The summed E-state index contributed by atoms with van der Waals surface area (Å²) < 4.78 is 0. The summed E-state index contributed by atoms with van der Waals surface area (Å²) in [5, 5.41) is 10.2. The molecule has 3 nitrogen and oxygen atoms in total. The number of benzene rings is 1. The Bertz CT molecular complexity index is 563. The third kappa shape index (κ3) is 2.11. The minimum Gasteiger partial charge on any atom is -0.385 e. The summed E-state index contributed by atoms with van der Waals surface area (Å²) in [5.74, 6) is -0.0195. The van der Waals surface area contributed by atoms with Crippen LogP contribution in [0.5, 0.6) is 0 Å². The van der Waals surface area contributed by atoms with Gasteiger partial charge in [0.25, 0.3) is 5.91 Å². The lowest BCUT2D eigenvalue weighted by Crippen LogP contribution is -2.19. The highest BCUT2D eigenvalue weighted by Gasteiger charge is 2.17. The molecule has 0 saturated carbocycles. The van der Waals surface area contributed by atoms with Crippen LogP contribution < -0.4 is 10.6 Å². The highest BCUT2D eigenvalue weighted by atomic mass is 32.1. The van der Waals surface area contributed by atoms with Gasteiger partial charge in [0.1, 0.15) is 0 Å². The molecule has 4 heteroatoms. The van der Waals surface area contributed by atoms with Crippen LogP contribution in [0.4, 0.5) is 11.4 Å². The van der Waals surface area contributed by atoms with Gasteiger partial charge in [-0.05, 0) is 42.0 Å². The molecule has 0 atom stereocenters. The molecule has 1 aromatic carbocycles. The van der Waals surface area contributed by atoms with Crippen LogP contribution >= 0.6 is 11.3 Å². The summed E-state index contributed by atoms with van der Waals surface area (Å²) in [6, 6.07) is 7.78. The first-order valence-corrected chi connectivity index (χ1v) is 6.98. The second-order valence-corrected chi connectivity index (χ2v) is 5.11. The molecular formula is C14H14N2OS. The fourth-order valence-electron chi connectivity index (χ4n) is 2.26. The van der Waals surface area contributed by atoms with Crippen molar-refractivity contribution in [1.29, 1.82) is 0 Å². The van der Waals surface area contributed by atoms with E-state index < -0.39 is 0 Å². The van der Waals surface area contributed by atoms with Crippen molar-refractivity contribution in [1.82, 2.24) is 0 Å². The lowest BCUT2D eigenvalue weighted by Gasteiger charge is -2.20. The van der Waals surface area contributed by atoms with Gasteiger partial charge in [-0.25, -0.2) is 0 Å². The summed E-state index contributed by atoms with van der Waals surface area (Å²) in [4.78, 5) is 12.2. The number of nitrogens with one attached hydrogen (secondary N) is 2. The molecular weight excluding hydrogens is 244 g/mol. The molecule has 0 spiro atoms. The van der Waals surface area contributed by atoms with Crippen LogP contribution in [-0.4, -0.2) is 12.5 Å². The van der Waals surface area contributed by atoms with Crippen molar-refractivity contribution < 1.29 is 4.79 Å². The van der Waals surface area contributed by atoms with E-state index in [1.54, 1.807) is 11.3 Å². The van der Waals surface area contributed by atoms with E-state index in [0.29, 0.717) is 0 Å². The van der Waals surface area contributed by atoms with Crippen molar-refractivity contribution in [2.75, 3.05) is 17.2 Å². The topological polar surface area (TPSA) is 41.1 Å². The molecule has 0 bridgehead atoms. The number of carbonyl (C=O) groups excluding carboxylic acids is 1. The molecule has 3 rings (SSSR count). The molecule has 92 valence electrons. The quantitative estimate of drug-likeness (QED) is 0.867. The maximum absolute atomic E-state index is 12.2. The van der Waals surface area contributed by atoms with Crippen molar-refractivity contribution in [3.8, 4) is 0 Å². The first kappa shape index (κ1) is 11.3. The summed E-state index contributed by atoms with van der Waals surface area (Å²) in [7, 11) is 0. The molecule has 0 saturated heterocycles. The second kappa shape index (κ2) is 4.82. The lowest BCUT2D eigenvalue weighted by atomic mass is 9.97. The highest BCUT2D eigenvalue weighted by Crippen LogP contribution is 2.26. The number of amides is 1. The SMILES string of the molecule is O=C(Nc1ccsc1)c1cccc2c1CCCN2. The molecule has 0 radical (unpaired) electrons. The van der Waals surface area contributed by atoms with Gasteiger partial charge in [0.15, 0.2) is 0 Å². The maximum Gasteiger partial charge on any atom is 0.256 e. The number of rotatable bonds is 2. The molecule has 2 aromatic rings. The summed E-state index contributed by atoms with van der Waals surface area (Å²) >= 11 is 1.58. The molecule has 18 heavy (non-hydrogen) atoms. The Morgan fingerprint density at radius 2 is 2.28 bits per heavy atom. The normalized spacial score (nSPS) is 13.6. The van der Waals surface area contributed by atoms with Gasteiger partial charge in [-0.2, -0.15) is 11.3 Å². The van der Waals surface area contributed by atoms with Gasteiger partial charge in [-0.15, -0.1) is 0 Å². The number of thiophene rings is 1. The Morgan fingerprint density at radius 1 is 1.33 bits per heavy atom. The number of hydrogen-bond donors (Lipinski definition) is 2. The number of hydrogen-bond acceptors (Lipinski definition) is 3. The first-order valence-electron chi connectivity index (χ1n) is 6.04. The van der Waals surface area contributed by atoms with Gasteiger partial charge in [0.2, 0.25) is 0 Å². The van der Waals surface area contributed by atoms with Gasteiger partial charge in [-0.1, -0.05) is 6.07 Å². The Balaban J connectivity index is 1.89. The Labute approximate surface area is 110 Å². The third-order valence-electron chi connectivity index (χ3n) is 3.12. The van der Waals surface area contributed by atoms with Crippen LogP contribution in [-0.2, 0) is 6.42 Å². The van der Waals surface area contributed by atoms with Crippen molar-refractivity contribution in [3.05, 3.63) is 46.2 Å². The summed E-state index contributed by atoms with van der Waals surface area (Å²) in [6.45, 7) is 0.989. The van der Waals surface area contributed by atoms with Crippen LogP contribution in [0, 0.1) is 0 Å². The molecule has 2 N–H and O–H groups in total. The zero-order valence-corrected chi connectivity index (χ0v) is 10.7. The average molecular weight is 258 g/mol. The van der Waals surface area contributed by atoms with Crippen molar-refractivity contribution in [2.24, 2.45) is 0 Å². The molecule has 0 fully saturated rings. The number of carbonyl (C=O) groups is 1. The van der Waals surface area contributed by atoms with Gasteiger partial charge in [0.05, 0.1) is 5.69 Å². The predicted octanol–water partition coefficient (Wildman–Crippen LogP) is 3.36. The standard InChI is InChI=1S/C14H14N2OS/c17-14(16-10-6-8-18-9-10)12-3-1-5-13-11(12)4-2-7-15-13/h1,3,5-6,8-9,15H,2,4,7H2,(H,16,17). The van der Waals surface area contributed by atoms with Crippen LogP contribution in [0.2, 0.25) is 0 Å². The van der Waals surface area contributed by atoms with Crippen LogP contribution in [0.25, 0.3) is 0 Å². The predicted molar refractivity (Wildman–Crippen MR) is 75.5 cm³/mol. The molecule has 1 aromatic heterocycles. The molecule has 1 aliphatic heterocycles. The van der Waals surface area contributed by atoms with E-state index in [4.69, 9.17) is 0 Å². The molecule has 2 heterocycles. The highest BCUT2D eigenvalue weighted by molar-refractivity contribution is 7.08. The molecule has 0 aliphatic carbocycles. The number of anilines is 2.